The van der Waals surface area contributed by atoms with Crippen LogP contribution < -0.4 is 10.5 Å². The summed E-state index contributed by atoms with van der Waals surface area (Å²) in [7, 11) is 0. The molecule has 0 atom stereocenters. The second-order valence-electron chi connectivity index (χ2n) is 4.47. The quantitative estimate of drug-likeness (QED) is 0.782. The highest BCUT2D eigenvalue weighted by molar-refractivity contribution is 9.11. The maximum atomic E-state index is 5.88. The van der Waals surface area contributed by atoms with Crippen LogP contribution in [0.2, 0.25) is 0 Å². The SMILES string of the molecule is Cc1nc(COc2c(Br)cc(CCN)cc2Br)sc1C. The molecule has 0 amide bonds. The van der Waals surface area contributed by atoms with Crippen LogP contribution in [-0.4, -0.2) is 11.5 Å². The highest BCUT2D eigenvalue weighted by Gasteiger charge is 2.11. The van der Waals surface area contributed by atoms with Crippen molar-refractivity contribution in [2.75, 3.05) is 6.54 Å². The summed E-state index contributed by atoms with van der Waals surface area (Å²) in [5.41, 5.74) is 7.84. The number of benzene rings is 1. The molecule has 2 N–H and O–H groups in total. The Morgan fingerprint density at radius 1 is 1.25 bits per heavy atom. The molecule has 0 saturated carbocycles. The molecule has 2 aromatic rings. The average molecular weight is 420 g/mol. The number of hydrogen-bond donors (Lipinski definition) is 1. The number of thiazole rings is 1. The molecule has 3 nitrogen and oxygen atoms in total. The Balaban J connectivity index is 2.13. The molecule has 1 aromatic carbocycles. The van der Waals surface area contributed by atoms with Crippen molar-refractivity contribution in [2.24, 2.45) is 5.73 Å². The first-order valence-electron chi connectivity index (χ1n) is 6.25. The second kappa shape index (κ2) is 7.02. The number of nitrogens with zero attached hydrogens (tertiary/aromatic N) is 1. The van der Waals surface area contributed by atoms with Crippen molar-refractivity contribution in [1.82, 2.24) is 4.98 Å². The Labute approximate surface area is 139 Å². The monoisotopic (exact) mass is 418 g/mol. The van der Waals surface area contributed by atoms with E-state index in [1.807, 2.05) is 19.1 Å². The summed E-state index contributed by atoms with van der Waals surface area (Å²) in [6.07, 6.45) is 0.850. The molecule has 20 heavy (non-hydrogen) atoms. The summed E-state index contributed by atoms with van der Waals surface area (Å²) < 4.78 is 7.74. The fourth-order valence-electron chi connectivity index (χ4n) is 1.80. The minimum Gasteiger partial charge on any atom is -0.484 e. The summed E-state index contributed by atoms with van der Waals surface area (Å²) in [6.45, 7) is 5.20. The van der Waals surface area contributed by atoms with Gasteiger partial charge in [0, 0.05) is 4.88 Å². The highest BCUT2D eigenvalue weighted by Crippen LogP contribution is 2.35. The number of hydrogen-bond acceptors (Lipinski definition) is 4. The van der Waals surface area contributed by atoms with Crippen molar-refractivity contribution >= 4 is 43.2 Å². The third-order valence-corrected chi connectivity index (χ3v) is 5.13. The Kier molecular flexibility index (Phi) is 5.60. The summed E-state index contributed by atoms with van der Waals surface area (Å²) in [6, 6.07) is 4.09. The van der Waals surface area contributed by atoms with Crippen LogP contribution in [0.25, 0.3) is 0 Å². The Hall–Kier alpha value is -0.430. The van der Waals surface area contributed by atoms with Gasteiger partial charge in [-0.2, -0.15) is 0 Å². The zero-order chi connectivity index (χ0) is 14.7. The molecule has 0 unspecified atom stereocenters. The highest BCUT2D eigenvalue weighted by atomic mass is 79.9. The van der Waals surface area contributed by atoms with Crippen LogP contribution in [0.1, 0.15) is 21.1 Å². The van der Waals surface area contributed by atoms with Crippen LogP contribution in [0.3, 0.4) is 0 Å². The van der Waals surface area contributed by atoms with E-state index in [1.54, 1.807) is 11.3 Å². The van der Waals surface area contributed by atoms with Crippen molar-refractivity contribution in [2.45, 2.75) is 26.9 Å². The predicted molar refractivity (Wildman–Crippen MR) is 90.5 cm³/mol. The van der Waals surface area contributed by atoms with Gasteiger partial charge >= 0.3 is 0 Å². The first-order valence-corrected chi connectivity index (χ1v) is 8.65. The van der Waals surface area contributed by atoms with Crippen molar-refractivity contribution in [3.05, 3.63) is 42.2 Å². The van der Waals surface area contributed by atoms with Gasteiger partial charge < -0.3 is 10.5 Å². The van der Waals surface area contributed by atoms with Crippen LogP contribution in [0.4, 0.5) is 0 Å². The Morgan fingerprint density at radius 3 is 2.40 bits per heavy atom. The van der Waals surface area contributed by atoms with Crippen LogP contribution in [0.15, 0.2) is 21.1 Å². The molecule has 0 spiro atoms. The van der Waals surface area contributed by atoms with E-state index >= 15 is 0 Å². The van der Waals surface area contributed by atoms with E-state index in [4.69, 9.17) is 10.5 Å². The molecule has 0 aliphatic carbocycles. The number of aromatic nitrogens is 1. The molecule has 0 aliphatic rings. The molecule has 0 bridgehead atoms. The van der Waals surface area contributed by atoms with E-state index < -0.39 is 0 Å². The van der Waals surface area contributed by atoms with Crippen molar-refractivity contribution in [3.63, 3.8) is 0 Å². The maximum absolute atomic E-state index is 5.88. The van der Waals surface area contributed by atoms with Crippen molar-refractivity contribution in [1.29, 1.82) is 0 Å². The molecule has 2 rings (SSSR count). The lowest BCUT2D eigenvalue weighted by Gasteiger charge is -2.11. The zero-order valence-corrected chi connectivity index (χ0v) is 15.4. The van der Waals surface area contributed by atoms with Crippen molar-refractivity contribution in [3.8, 4) is 5.75 Å². The van der Waals surface area contributed by atoms with Gasteiger partial charge in [0.2, 0.25) is 0 Å². The lowest BCUT2D eigenvalue weighted by Crippen LogP contribution is -2.03. The van der Waals surface area contributed by atoms with E-state index in [2.05, 4.69) is 43.8 Å². The maximum Gasteiger partial charge on any atom is 0.148 e. The van der Waals surface area contributed by atoms with Crippen molar-refractivity contribution < 1.29 is 4.74 Å². The fourth-order valence-corrected chi connectivity index (χ4v) is 4.15. The average Bonchev–Trinajstić information content (AvgIpc) is 2.68. The lowest BCUT2D eigenvalue weighted by atomic mass is 10.1. The molecule has 108 valence electrons. The number of rotatable bonds is 5. The van der Waals surface area contributed by atoms with E-state index in [1.165, 1.54) is 10.4 Å². The lowest BCUT2D eigenvalue weighted by molar-refractivity contribution is 0.301. The summed E-state index contributed by atoms with van der Waals surface area (Å²) in [5, 5.41) is 0.991. The predicted octanol–water partition coefficient (Wildman–Crippen LogP) is 4.37. The fraction of sp³-hybridized carbons (Fsp3) is 0.357. The van der Waals surface area contributed by atoms with Gasteiger partial charge in [0.05, 0.1) is 14.6 Å². The Morgan fingerprint density at radius 2 is 1.90 bits per heavy atom. The van der Waals surface area contributed by atoms with Crippen LogP contribution >= 0.6 is 43.2 Å². The van der Waals surface area contributed by atoms with E-state index in [0.29, 0.717) is 13.2 Å². The van der Waals surface area contributed by atoms with Crippen LogP contribution in [-0.2, 0) is 13.0 Å². The minimum absolute atomic E-state index is 0.479. The van der Waals surface area contributed by atoms with Gasteiger partial charge in [-0.3, -0.25) is 0 Å². The number of aryl methyl sites for hydroxylation is 2. The number of nitrogens with two attached hydrogens (primary N) is 1. The molecule has 6 heteroatoms. The molecule has 0 fully saturated rings. The number of halogens is 2. The van der Waals surface area contributed by atoms with Crippen LogP contribution in [0, 0.1) is 13.8 Å². The van der Waals surface area contributed by atoms with Gasteiger partial charge in [-0.25, -0.2) is 4.98 Å². The molecule has 1 aromatic heterocycles. The molecule has 0 saturated heterocycles. The normalized spacial score (nSPS) is 10.8. The molecule has 0 aliphatic heterocycles. The summed E-state index contributed by atoms with van der Waals surface area (Å²) in [5.74, 6) is 0.802. The zero-order valence-electron chi connectivity index (χ0n) is 11.4. The van der Waals surface area contributed by atoms with E-state index in [9.17, 15) is 0 Å². The standard InChI is InChI=1S/C14H16Br2N2OS/c1-8-9(2)20-13(18-8)7-19-14-11(15)5-10(3-4-17)6-12(14)16/h5-6H,3-4,7,17H2,1-2H3. The first-order chi connectivity index (χ1) is 9.51. The molecule has 1 heterocycles. The third kappa shape index (κ3) is 3.81. The topological polar surface area (TPSA) is 48.1 Å². The third-order valence-electron chi connectivity index (χ3n) is 2.90. The minimum atomic E-state index is 0.479. The van der Waals surface area contributed by atoms with Gasteiger partial charge in [-0.15, -0.1) is 11.3 Å². The molecule has 0 radical (unpaired) electrons. The largest absolute Gasteiger partial charge is 0.484 e. The first kappa shape index (κ1) is 15.9. The van der Waals surface area contributed by atoms with Gasteiger partial charge in [0.1, 0.15) is 17.4 Å². The smallest absolute Gasteiger partial charge is 0.148 e. The van der Waals surface area contributed by atoms with Gasteiger partial charge in [-0.05, 0) is 76.4 Å². The molecular formula is C14H16Br2N2OS. The second-order valence-corrected chi connectivity index (χ2v) is 7.46. The number of ether oxygens (including phenoxy) is 1. The summed E-state index contributed by atoms with van der Waals surface area (Å²) >= 11 is 8.77. The molecular weight excluding hydrogens is 404 g/mol. The summed E-state index contributed by atoms with van der Waals surface area (Å²) in [4.78, 5) is 5.71. The van der Waals surface area contributed by atoms with Gasteiger partial charge in [0.25, 0.3) is 0 Å². The van der Waals surface area contributed by atoms with Gasteiger partial charge in [-0.1, -0.05) is 0 Å². The Bertz CT molecular complexity index is 571. The van der Waals surface area contributed by atoms with Crippen LogP contribution in [0.5, 0.6) is 5.75 Å². The van der Waals surface area contributed by atoms with E-state index in [-0.39, 0.29) is 0 Å². The van der Waals surface area contributed by atoms with Gasteiger partial charge in [0.15, 0.2) is 0 Å². The van der Waals surface area contributed by atoms with E-state index in [0.717, 1.165) is 31.8 Å².